The molecule has 0 saturated heterocycles. The van der Waals surface area contributed by atoms with Gasteiger partial charge in [0.15, 0.2) is 0 Å². The van der Waals surface area contributed by atoms with Crippen molar-refractivity contribution < 1.29 is 9.53 Å². The van der Waals surface area contributed by atoms with Gasteiger partial charge >= 0.3 is 5.97 Å². The number of esters is 1. The zero-order chi connectivity index (χ0) is 12.0. The van der Waals surface area contributed by atoms with Gasteiger partial charge in [-0.1, -0.05) is 39.7 Å². The van der Waals surface area contributed by atoms with E-state index < -0.39 is 0 Å². The van der Waals surface area contributed by atoms with Gasteiger partial charge in [-0.05, 0) is 37.0 Å². The number of rotatable bonds is 5. The fourth-order valence-corrected chi connectivity index (χ4v) is 2.02. The minimum Gasteiger partial charge on any atom is -0.468 e. The van der Waals surface area contributed by atoms with Crippen molar-refractivity contribution in [1.29, 1.82) is 0 Å². The van der Waals surface area contributed by atoms with Crippen molar-refractivity contribution >= 4 is 33.5 Å². The van der Waals surface area contributed by atoms with Crippen LogP contribution in [0.5, 0.6) is 0 Å². The SMILES string of the molecule is COC(=O)C(Br)CCCc1ccc(Cl)cc1. The van der Waals surface area contributed by atoms with Gasteiger partial charge in [-0.3, -0.25) is 4.79 Å². The van der Waals surface area contributed by atoms with Gasteiger partial charge < -0.3 is 4.74 Å². The van der Waals surface area contributed by atoms with Crippen LogP contribution in [0.1, 0.15) is 18.4 Å². The van der Waals surface area contributed by atoms with Crippen molar-refractivity contribution in [1.82, 2.24) is 0 Å². The molecule has 16 heavy (non-hydrogen) atoms. The van der Waals surface area contributed by atoms with E-state index in [2.05, 4.69) is 20.7 Å². The Morgan fingerprint density at radius 2 is 2.06 bits per heavy atom. The molecule has 0 saturated carbocycles. The highest BCUT2D eigenvalue weighted by atomic mass is 79.9. The summed E-state index contributed by atoms with van der Waals surface area (Å²) >= 11 is 9.08. The first kappa shape index (κ1) is 13.5. The number of halogens is 2. The van der Waals surface area contributed by atoms with Gasteiger partial charge in [0.25, 0.3) is 0 Å². The molecular weight excluding hydrogens is 291 g/mol. The Morgan fingerprint density at radius 3 is 2.62 bits per heavy atom. The van der Waals surface area contributed by atoms with Gasteiger partial charge in [-0.2, -0.15) is 0 Å². The van der Waals surface area contributed by atoms with Crippen molar-refractivity contribution in [3.8, 4) is 0 Å². The number of hydrogen-bond acceptors (Lipinski definition) is 2. The lowest BCUT2D eigenvalue weighted by molar-refractivity contribution is -0.139. The van der Waals surface area contributed by atoms with E-state index in [1.54, 1.807) is 0 Å². The van der Waals surface area contributed by atoms with Gasteiger partial charge in [-0.25, -0.2) is 0 Å². The maximum atomic E-state index is 11.1. The number of ether oxygens (including phenoxy) is 1. The molecule has 0 amide bonds. The van der Waals surface area contributed by atoms with Crippen LogP contribution in [-0.4, -0.2) is 17.9 Å². The van der Waals surface area contributed by atoms with Crippen LogP contribution in [-0.2, 0) is 16.0 Å². The highest BCUT2D eigenvalue weighted by Gasteiger charge is 2.13. The average molecular weight is 306 g/mol. The Balaban J connectivity index is 2.30. The van der Waals surface area contributed by atoms with Gasteiger partial charge in [0, 0.05) is 5.02 Å². The number of carbonyl (C=O) groups is 1. The molecule has 0 radical (unpaired) electrons. The second-order valence-corrected chi connectivity index (χ2v) is 5.05. The van der Waals surface area contributed by atoms with Crippen LogP contribution >= 0.6 is 27.5 Å². The topological polar surface area (TPSA) is 26.3 Å². The second-order valence-electron chi connectivity index (χ2n) is 3.51. The van der Waals surface area contributed by atoms with Crippen LogP contribution in [0.3, 0.4) is 0 Å². The van der Waals surface area contributed by atoms with Gasteiger partial charge in [0.05, 0.1) is 7.11 Å². The van der Waals surface area contributed by atoms with Crippen molar-refractivity contribution in [2.75, 3.05) is 7.11 Å². The van der Waals surface area contributed by atoms with Crippen molar-refractivity contribution in [3.63, 3.8) is 0 Å². The van der Waals surface area contributed by atoms with E-state index in [4.69, 9.17) is 11.6 Å². The summed E-state index contributed by atoms with van der Waals surface area (Å²) < 4.78 is 4.63. The predicted octanol–water partition coefficient (Wildman–Crippen LogP) is 3.60. The summed E-state index contributed by atoms with van der Waals surface area (Å²) in [6.45, 7) is 0. The molecule has 88 valence electrons. The number of benzene rings is 1. The fraction of sp³-hybridized carbons (Fsp3) is 0.417. The lowest BCUT2D eigenvalue weighted by atomic mass is 10.1. The molecular formula is C12H14BrClO2. The third-order valence-electron chi connectivity index (χ3n) is 2.29. The number of carbonyl (C=O) groups excluding carboxylic acids is 1. The third kappa shape index (κ3) is 4.54. The van der Waals surface area contributed by atoms with E-state index in [9.17, 15) is 4.79 Å². The van der Waals surface area contributed by atoms with Crippen LogP contribution in [0.4, 0.5) is 0 Å². The van der Waals surface area contributed by atoms with Crippen LogP contribution in [0.2, 0.25) is 5.02 Å². The van der Waals surface area contributed by atoms with Crippen LogP contribution in [0.15, 0.2) is 24.3 Å². The fourth-order valence-electron chi connectivity index (χ4n) is 1.38. The molecule has 0 bridgehead atoms. The highest BCUT2D eigenvalue weighted by molar-refractivity contribution is 9.10. The molecule has 1 aromatic carbocycles. The molecule has 0 spiro atoms. The van der Waals surface area contributed by atoms with Crippen molar-refractivity contribution in [2.24, 2.45) is 0 Å². The maximum absolute atomic E-state index is 11.1. The van der Waals surface area contributed by atoms with Crippen LogP contribution in [0, 0.1) is 0 Å². The third-order valence-corrected chi connectivity index (χ3v) is 3.38. The monoisotopic (exact) mass is 304 g/mol. The summed E-state index contributed by atoms with van der Waals surface area (Å²) in [5, 5.41) is 0.747. The number of methoxy groups -OCH3 is 1. The largest absolute Gasteiger partial charge is 0.468 e. The molecule has 0 aliphatic carbocycles. The highest BCUT2D eigenvalue weighted by Crippen LogP contribution is 2.15. The summed E-state index contributed by atoms with van der Waals surface area (Å²) in [6.07, 6.45) is 2.65. The molecule has 1 atom stereocenters. The lowest BCUT2D eigenvalue weighted by Gasteiger charge is -2.07. The van der Waals surface area contributed by atoms with Crippen LogP contribution < -0.4 is 0 Å². The minimum absolute atomic E-state index is 0.204. The minimum atomic E-state index is -0.212. The van der Waals surface area contributed by atoms with E-state index >= 15 is 0 Å². The molecule has 1 unspecified atom stereocenters. The number of hydrogen-bond donors (Lipinski definition) is 0. The molecule has 0 aromatic heterocycles. The smallest absolute Gasteiger partial charge is 0.319 e. The molecule has 0 aliphatic heterocycles. The quantitative estimate of drug-likeness (QED) is 0.614. The van der Waals surface area contributed by atoms with Crippen molar-refractivity contribution in [3.05, 3.63) is 34.9 Å². The lowest BCUT2D eigenvalue weighted by Crippen LogP contribution is -2.15. The first-order valence-electron chi connectivity index (χ1n) is 5.10. The number of alkyl halides is 1. The van der Waals surface area contributed by atoms with Crippen LogP contribution in [0.25, 0.3) is 0 Å². The van der Waals surface area contributed by atoms with E-state index in [1.165, 1.54) is 12.7 Å². The molecule has 0 heterocycles. The Kier molecular flexibility index (Phi) is 5.85. The summed E-state index contributed by atoms with van der Waals surface area (Å²) in [7, 11) is 1.40. The van der Waals surface area contributed by atoms with Gasteiger partial charge in [0.2, 0.25) is 0 Å². The van der Waals surface area contributed by atoms with Gasteiger partial charge in [-0.15, -0.1) is 0 Å². The van der Waals surface area contributed by atoms with Crippen molar-refractivity contribution in [2.45, 2.75) is 24.1 Å². The Hall–Kier alpha value is -0.540. The molecule has 0 aliphatic rings. The van der Waals surface area contributed by atoms with E-state index in [1.807, 2.05) is 24.3 Å². The molecule has 0 N–H and O–H groups in total. The van der Waals surface area contributed by atoms with Gasteiger partial charge in [0.1, 0.15) is 4.83 Å². The standard InChI is InChI=1S/C12H14BrClO2/c1-16-12(15)11(13)4-2-3-9-5-7-10(14)8-6-9/h5-8,11H,2-4H2,1H3. The Morgan fingerprint density at radius 1 is 1.44 bits per heavy atom. The Bertz CT molecular complexity index is 337. The molecule has 4 heteroatoms. The molecule has 1 aromatic rings. The normalized spacial score (nSPS) is 12.2. The first-order valence-corrected chi connectivity index (χ1v) is 6.39. The van der Waals surface area contributed by atoms with E-state index in [0.29, 0.717) is 0 Å². The summed E-state index contributed by atoms with van der Waals surface area (Å²) in [5.74, 6) is -0.212. The number of aryl methyl sites for hydroxylation is 1. The summed E-state index contributed by atoms with van der Waals surface area (Å²) in [6, 6.07) is 7.76. The second kappa shape index (κ2) is 6.92. The zero-order valence-electron chi connectivity index (χ0n) is 9.08. The first-order chi connectivity index (χ1) is 7.63. The molecule has 1 rings (SSSR count). The zero-order valence-corrected chi connectivity index (χ0v) is 11.4. The van der Waals surface area contributed by atoms with E-state index in [-0.39, 0.29) is 10.8 Å². The molecule has 2 nitrogen and oxygen atoms in total. The predicted molar refractivity (Wildman–Crippen MR) is 69.1 cm³/mol. The maximum Gasteiger partial charge on any atom is 0.319 e. The summed E-state index contributed by atoms with van der Waals surface area (Å²) in [5.41, 5.74) is 1.23. The summed E-state index contributed by atoms with van der Waals surface area (Å²) in [4.78, 5) is 10.9. The average Bonchev–Trinajstić information content (AvgIpc) is 2.30. The molecule has 0 fully saturated rings. The Labute approximate surface area is 109 Å². The van der Waals surface area contributed by atoms with E-state index in [0.717, 1.165) is 24.3 Å².